The lowest BCUT2D eigenvalue weighted by Gasteiger charge is -2.11. The maximum Gasteiger partial charge on any atom is 0.119 e. The predicted octanol–water partition coefficient (Wildman–Crippen LogP) is 2.52. The SMILES string of the molecule is CCC(CN)Sc1cccc(OC)c1. The van der Waals surface area contributed by atoms with E-state index >= 15 is 0 Å². The van der Waals surface area contributed by atoms with Crippen molar-refractivity contribution in [3.05, 3.63) is 24.3 Å². The minimum atomic E-state index is 0.502. The molecule has 0 saturated carbocycles. The fourth-order valence-electron chi connectivity index (χ4n) is 1.17. The third-order valence-electron chi connectivity index (χ3n) is 2.06. The molecule has 0 bridgehead atoms. The first-order valence-electron chi connectivity index (χ1n) is 4.81. The van der Waals surface area contributed by atoms with Gasteiger partial charge in [-0.25, -0.2) is 0 Å². The van der Waals surface area contributed by atoms with Crippen LogP contribution in [0.2, 0.25) is 0 Å². The summed E-state index contributed by atoms with van der Waals surface area (Å²) in [7, 11) is 1.68. The van der Waals surface area contributed by atoms with Gasteiger partial charge in [0.2, 0.25) is 0 Å². The molecular weight excluding hydrogens is 194 g/mol. The van der Waals surface area contributed by atoms with Crippen LogP contribution in [0.4, 0.5) is 0 Å². The lowest BCUT2D eigenvalue weighted by molar-refractivity contribution is 0.413. The Kier molecular flexibility index (Phi) is 4.84. The number of rotatable bonds is 5. The maximum absolute atomic E-state index is 5.65. The number of hydrogen-bond donors (Lipinski definition) is 1. The number of hydrogen-bond acceptors (Lipinski definition) is 3. The van der Waals surface area contributed by atoms with Crippen LogP contribution >= 0.6 is 11.8 Å². The molecule has 0 aliphatic rings. The average molecular weight is 211 g/mol. The molecule has 0 fully saturated rings. The lowest BCUT2D eigenvalue weighted by atomic mass is 10.3. The van der Waals surface area contributed by atoms with Crippen LogP contribution in [-0.4, -0.2) is 18.9 Å². The molecule has 0 aromatic heterocycles. The van der Waals surface area contributed by atoms with Crippen LogP contribution in [0.3, 0.4) is 0 Å². The van der Waals surface area contributed by atoms with Gasteiger partial charge in [-0.1, -0.05) is 13.0 Å². The molecule has 0 saturated heterocycles. The summed E-state index contributed by atoms with van der Waals surface area (Å²) in [6.07, 6.45) is 1.10. The highest BCUT2D eigenvalue weighted by Gasteiger charge is 2.05. The summed E-state index contributed by atoms with van der Waals surface area (Å²) >= 11 is 1.81. The van der Waals surface area contributed by atoms with Crippen molar-refractivity contribution in [3.8, 4) is 5.75 Å². The second-order valence-corrected chi connectivity index (χ2v) is 4.44. The molecule has 78 valence electrons. The predicted molar refractivity (Wildman–Crippen MR) is 62.0 cm³/mol. The van der Waals surface area contributed by atoms with Gasteiger partial charge in [0.1, 0.15) is 5.75 Å². The molecule has 0 heterocycles. The Labute approximate surface area is 89.8 Å². The van der Waals surface area contributed by atoms with Crippen LogP contribution in [-0.2, 0) is 0 Å². The second-order valence-electron chi connectivity index (χ2n) is 3.06. The van der Waals surface area contributed by atoms with Crippen molar-refractivity contribution < 1.29 is 4.74 Å². The van der Waals surface area contributed by atoms with Crippen molar-refractivity contribution in [2.75, 3.05) is 13.7 Å². The minimum Gasteiger partial charge on any atom is -0.497 e. The quantitative estimate of drug-likeness (QED) is 0.760. The van der Waals surface area contributed by atoms with Crippen molar-refractivity contribution in [1.82, 2.24) is 0 Å². The van der Waals surface area contributed by atoms with E-state index in [0.717, 1.165) is 18.7 Å². The van der Waals surface area contributed by atoms with Crippen LogP contribution in [0.1, 0.15) is 13.3 Å². The van der Waals surface area contributed by atoms with Gasteiger partial charge >= 0.3 is 0 Å². The first-order chi connectivity index (χ1) is 6.80. The van der Waals surface area contributed by atoms with Crippen LogP contribution in [0.15, 0.2) is 29.2 Å². The Morgan fingerprint density at radius 1 is 1.50 bits per heavy atom. The fraction of sp³-hybridized carbons (Fsp3) is 0.455. The van der Waals surface area contributed by atoms with Crippen molar-refractivity contribution in [3.63, 3.8) is 0 Å². The van der Waals surface area contributed by atoms with Crippen LogP contribution in [0.5, 0.6) is 5.75 Å². The molecule has 2 nitrogen and oxygen atoms in total. The average Bonchev–Trinajstić information content (AvgIpc) is 2.26. The van der Waals surface area contributed by atoms with Crippen molar-refractivity contribution in [2.45, 2.75) is 23.5 Å². The van der Waals surface area contributed by atoms with E-state index in [1.807, 2.05) is 30.0 Å². The molecule has 1 aromatic carbocycles. The number of methoxy groups -OCH3 is 1. The van der Waals surface area contributed by atoms with Gasteiger partial charge in [-0.05, 0) is 24.6 Å². The van der Waals surface area contributed by atoms with Crippen molar-refractivity contribution in [1.29, 1.82) is 0 Å². The molecule has 0 spiro atoms. The Hall–Kier alpha value is -0.670. The molecule has 1 unspecified atom stereocenters. The van der Waals surface area contributed by atoms with E-state index in [2.05, 4.69) is 13.0 Å². The molecule has 1 rings (SSSR count). The van der Waals surface area contributed by atoms with Gasteiger partial charge in [-0.3, -0.25) is 0 Å². The highest BCUT2D eigenvalue weighted by Crippen LogP contribution is 2.27. The molecule has 0 radical (unpaired) electrons. The molecular formula is C11H17NOS. The number of ether oxygens (including phenoxy) is 1. The molecule has 0 aliphatic heterocycles. The first-order valence-corrected chi connectivity index (χ1v) is 5.69. The fourth-order valence-corrected chi connectivity index (χ4v) is 2.15. The minimum absolute atomic E-state index is 0.502. The summed E-state index contributed by atoms with van der Waals surface area (Å²) in [4.78, 5) is 1.22. The van der Waals surface area contributed by atoms with Gasteiger partial charge < -0.3 is 10.5 Å². The number of thioether (sulfide) groups is 1. The molecule has 3 heteroatoms. The van der Waals surface area contributed by atoms with Gasteiger partial charge in [0.15, 0.2) is 0 Å². The van der Waals surface area contributed by atoms with E-state index in [4.69, 9.17) is 10.5 Å². The zero-order valence-corrected chi connectivity index (χ0v) is 9.51. The molecule has 14 heavy (non-hydrogen) atoms. The Bertz CT molecular complexity index is 274. The molecule has 1 aromatic rings. The van der Waals surface area contributed by atoms with E-state index < -0.39 is 0 Å². The van der Waals surface area contributed by atoms with Gasteiger partial charge in [0.25, 0.3) is 0 Å². The largest absolute Gasteiger partial charge is 0.497 e. The van der Waals surface area contributed by atoms with Gasteiger partial charge in [-0.2, -0.15) is 0 Å². The van der Waals surface area contributed by atoms with E-state index in [-0.39, 0.29) is 0 Å². The first kappa shape index (κ1) is 11.4. The maximum atomic E-state index is 5.65. The van der Waals surface area contributed by atoms with Crippen LogP contribution in [0.25, 0.3) is 0 Å². The van der Waals surface area contributed by atoms with E-state index in [1.54, 1.807) is 7.11 Å². The zero-order valence-electron chi connectivity index (χ0n) is 8.69. The van der Waals surface area contributed by atoms with Crippen molar-refractivity contribution in [2.24, 2.45) is 5.73 Å². The van der Waals surface area contributed by atoms with E-state index in [0.29, 0.717) is 5.25 Å². The summed E-state index contributed by atoms with van der Waals surface area (Å²) in [6.45, 7) is 2.88. The summed E-state index contributed by atoms with van der Waals surface area (Å²) in [6, 6.07) is 8.09. The third-order valence-corrected chi connectivity index (χ3v) is 3.45. The number of benzene rings is 1. The van der Waals surface area contributed by atoms with Crippen LogP contribution in [0, 0.1) is 0 Å². The highest BCUT2D eigenvalue weighted by molar-refractivity contribution is 8.00. The zero-order chi connectivity index (χ0) is 10.4. The van der Waals surface area contributed by atoms with Crippen LogP contribution < -0.4 is 10.5 Å². The van der Waals surface area contributed by atoms with Gasteiger partial charge in [-0.15, -0.1) is 11.8 Å². The second kappa shape index (κ2) is 5.94. The molecule has 0 aliphatic carbocycles. The highest BCUT2D eigenvalue weighted by atomic mass is 32.2. The smallest absolute Gasteiger partial charge is 0.119 e. The number of nitrogens with two attached hydrogens (primary N) is 1. The van der Waals surface area contributed by atoms with E-state index in [9.17, 15) is 0 Å². The molecule has 1 atom stereocenters. The Morgan fingerprint density at radius 2 is 2.29 bits per heavy atom. The molecule has 0 amide bonds. The van der Waals surface area contributed by atoms with Gasteiger partial charge in [0, 0.05) is 16.7 Å². The Balaban J connectivity index is 2.65. The summed E-state index contributed by atoms with van der Waals surface area (Å²) in [5.74, 6) is 0.905. The third kappa shape index (κ3) is 3.24. The lowest BCUT2D eigenvalue weighted by Crippen LogP contribution is -2.15. The standard InChI is InChI=1S/C11H17NOS/c1-3-10(8-12)14-11-6-4-5-9(7-11)13-2/h4-7,10H,3,8,12H2,1-2H3. The normalized spacial score (nSPS) is 12.5. The monoisotopic (exact) mass is 211 g/mol. The summed E-state index contributed by atoms with van der Waals surface area (Å²) in [5, 5.41) is 0.502. The molecule has 2 N–H and O–H groups in total. The Morgan fingerprint density at radius 3 is 2.86 bits per heavy atom. The topological polar surface area (TPSA) is 35.2 Å². The summed E-state index contributed by atoms with van der Waals surface area (Å²) < 4.78 is 5.16. The van der Waals surface area contributed by atoms with Gasteiger partial charge in [0.05, 0.1) is 7.11 Å². The van der Waals surface area contributed by atoms with E-state index in [1.165, 1.54) is 4.90 Å². The van der Waals surface area contributed by atoms with Crippen molar-refractivity contribution >= 4 is 11.8 Å². The summed E-state index contributed by atoms with van der Waals surface area (Å²) in [5.41, 5.74) is 5.65.